The van der Waals surface area contributed by atoms with Crippen LogP contribution < -0.4 is 0 Å². The minimum Gasteiger partial charge on any atom is -0.475 e. The van der Waals surface area contributed by atoms with E-state index in [4.69, 9.17) is 14.9 Å². The number of hydrogen-bond acceptors (Lipinski definition) is 3. The van der Waals surface area contributed by atoms with Crippen LogP contribution >= 0.6 is 0 Å². The zero-order chi connectivity index (χ0) is 22.6. The van der Waals surface area contributed by atoms with Crippen molar-refractivity contribution in [3.8, 4) is 11.3 Å². The zero-order valence-corrected chi connectivity index (χ0v) is 18.0. The Kier molecular flexibility index (Phi) is 7.09. The van der Waals surface area contributed by atoms with Gasteiger partial charge in [-0.15, -0.1) is 0 Å². The van der Waals surface area contributed by atoms with Crippen molar-refractivity contribution in [2.75, 3.05) is 19.6 Å². The number of carbonyl (C=O) groups is 1. The summed E-state index contributed by atoms with van der Waals surface area (Å²) in [6, 6.07) is 10.7. The molecule has 0 amide bonds. The van der Waals surface area contributed by atoms with Crippen molar-refractivity contribution in [3.05, 3.63) is 42.4 Å². The Labute approximate surface area is 180 Å². The maximum absolute atomic E-state index is 10.6. The van der Waals surface area contributed by atoms with Crippen LogP contribution in [0.3, 0.4) is 0 Å². The number of carboxylic acid groups (broad SMARTS) is 1. The van der Waals surface area contributed by atoms with Crippen LogP contribution in [0.4, 0.5) is 13.2 Å². The third-order valence-electron chi connectivity index (χ3n) is 6.16. The van der Waals surface area contributed by atoms with Gasteiger partial charge >= 0.3 is 12.1 Å². The normalized spacial score (nSPS) is 18.4. The number of fused-ring (bicyclic) bond motifs is 1. The molecule has 1 spiro atoms. The lowest BCUT2D eigenvalue weighted by Crippen LogP contribution is -2.45. The molecule has 0 bridgehead atoms. The predicted molar refractivity (Wildman–Crippen MR) is 113 cm³/mol. The first-order valence-electron chi connectivity index (χ1n) is 10.7. The Balaban J connectivity index is 0.000000339. The SMILES string of the molecule is CC(C)CN1CCC2(CCc3ncc(-c4ccccc4)n3C2)CC1.O=C(O)C(F)(F)F. The molecule has 4 rings (SSSR count). The Hall–Kier alpha value is -2.35. The average Bonchev–Trinajstić information content (AvgIpc) is 3.13. The van der Waals surface area contributed by atoms with Gasteiger partial charge in [-0.05, 0) is 49.2 Å². The minimum absolute atomic E-state index is 0.491. The maximum Gasteiger partial charge on any atom is 0.490 e. The van der Waals surface area contributed by atoms with Gasteiger partial charge < -0.3 is 14.6 Å². The molecule has 170 valence electrons. The van der Waals surface area contributed by atoms with Crippen molar-refractivity contribution in [3.63, 3.8) is 0 Å². The molecule has 31 heavy (non-hydrogen) atoms. The topological polar surface area (TPSA) is 58.4 Å². The number of alkyl halides is 3. The minimum atomic E-state index is -5.08. The molecule has 2 aliphatic heterocycles. The Morgan fingerprint density at radius 3 is 2.32 bits per heavy atom. The number of piperidine rings is 1. The van der Waals surface area contributed by atoms with Crippen LogP contribution in [0.1, 0.15) is 38.9 Å². The van der Waals surface area contributed by atoms with Gasteiger partial charge in [0.25, 0.3) is 0 Å². The lowest BCUT2D eigenvalue weighted by Gasteiger charge is -2.45. The molecule has 1 N–H and O–H groups in total. The van der Waals surface area contributed by atoms with E-state index in [1.807, 2.05) is 0 Å². The Morgan fingerprint density at radius 2 is 1.77 bits per heavy atom. The highest BCUT2D eigenvalue weighted by atomic mass is 19.4. The van der Waals surface area contributed by atoms with Gasteiger partial charge in [0, 0.05) is 19.5 Å². The number of aryl methyl sites for hydroxylation is 1. The number of aromatic nitrogens is 2. The van der Waals surface area contributed by atoms with E-state index in [0.29, 0.717) is 5.41 Å². The second-order valence-corrected chi connectivity index (χ2v) is 9.01. The van der Waals surface area contributed by atoms with Gasteiger partial charge in [0.1, 0.15) is 5.82 Å². The van der Waals surface area contributed by atoms with E-state index in [1.165, 1.54) is 56.0 Å². The van der Waals surface area contributed by atoms with Crippen molar-refractivity contribution >= 4 is 5.97 Å². The molecular formula is C23H30F3N3O2. The molecule has 3 heterocycles. The highest BCUT2D eigenvalue weighted by molar-refractivity contribution is 5.73. The molecule has 1 saturated heterocycles. The molecular weight excluding hydrogens is 407 g/mol. The summed E-state index contributed by atoms with van der Waals surface area (Å²) in [5, 5.41) is 7.12. The van der Waals surface area contributed by atoms with E-state index in [9.17, 15) is 13.2 Å². The molecule has 0 aliphatic carbocycles. The Bertz CT molecular complexity index is 870. The molecule has 0 atom stereocenters. The van der Waals surface area contributed by atoms with Crippen molar-refractivity contribution in [2.45, 2.75) is 52.3 Å². The molecule has 0 unspecified atom stereocenters. The first-order chi connectivity index (χ1) is 14.6. The fourth-order valence-corrected chi connectivity index (χ4v) is 4.56. The number of rotatable bonds is 3. The summed E-state index contributed by atoms with van der Waals surface area (Å²) in [5.74, 6) is -0.702. The quantitative estimate of drug-likeness (QED) is 0.745. The van der Waals surface area contributed by atoms with Crippen molar-refractivity contribution in [2.24, 2.45) is 11.3 Å². The predicted octanol–water partition coefficient (Wildman–Crippen LogP) is 4.87. The third-order valence-corrected chi connectivity index (χ3v) is 6.16. The van der Waals surface area contributed by atoms with Gasteiger partial charge in [0.15, 0.2) is 0 Å². The molecule has 8 heteroatoms. The van der Waals surface area contributed by atoms with Crippen LogP contribution in [-0.2, 0) is 17.8 Å². The number of nitrogens with zero attached hydrogens (tertiary/aromatic N) is 3. The number of carboxylic acids is 1. The van der Waals surface area contributed by atoms with Crippen LogP contribution in [0.15, 0.2) is 36.5 Å². The second-order valence-electron chi connectivity index (χ2n) is 9.01. The van der Waals surface area contributed by atoms with Crippen molar-refractivity contribution < 1.29 is 23.1 Å². The monoisotopic (exact) mass is 437 g/mol. The smallest absolute Gasteiger partial charge is 0.475 e. The van der Waals surface area contributed by atoms with Crippen LogP contribution in [0.2, 0.25) is 0 Å². The number of halogens is 3. The van der Waals surface area contributed by atoms with Gasteiger partial charge in [-0.2, -0.15) is 13.2 Å². The zero-order valence-electron chi connectivity index (χ0n) is 18.0. The summed E-state index contributed by atoms with van der Waals surface area (Å²) in [7, 11) is 0. The van der Waals surface area contributed by atoms with E-state index >= 15 is 0 Å². The van der Waals surface area contributed by atoms with E-state index in [1.54, 1.807) is 0 Å². The van der Waals surface area contributed by atoms with E-state index < -0.39 is 12.1 Å². The summed E-state index contributed by atoms with van der Waals surface area (Å²) in [6.45, 7) is 9.60. The van der Waals surface area contributed by atoms with Crippen LogP contribution in [0.5, 0.6) is 0 Å². The van der Waals surface area contributed by atoms with E-state index in [-0.39, 0.29) is 0 Å². The summed E-state index contributed by atoms with van der Waals surface area (Å²) in [4.78, 5) is 16.3. The highest BCUT2D eigenvalue weighted by Gasteiger charge is 2.39. The van der Waals surface area contributed by atoms with Gasteiger partial charge in [-0.1, -0.05) is 44.2 Å². The molecule has 0 radical (unpaired) electrons. The number of aliphatic carboxylic acids is 1. The van der Waals surface area contributed by atoms with Crippen LogP contribution in [-0.4, -0.2) is 51.3 Å². The van der Waals surface area contributed by atoms with Gasteiger partial charge in [-0.3, -0.25) is 0 Å². The lowest BCUT2D eigenvalue weighted by atomic mass is 9.73. The third kappa shape index (κ3) is 5.87. The molecule has 2 aromatic rings. The summed E-state index contributed by atoms with van der Waals surface area (Å²) in [5.41, 5.74) is 3.09. The number of hydrogen-bond donors (Lipinski definition) is 1. The van der Waals surface area contributed by atoms with Gasteiger partial charge in [0.05, 0.1) is 11.9 Å². The van der Waals surface area contributed by atoms with Crippen molar-refractivity contribution in [1.82, 2.24) is 14.5 Å². The lowest BCUT2D eigenvalue weighted by molar-refractivity contribution is -0.192. The van der Waals surface area contributed by atoms with E-state index in [2.05, 4.69) is 59.8 Å². The standard InChI is InChI=1S/C21H29N3.C2HF3O2/c1-17(2)15-23-12-10-21(11-13-23)9-8-20-22-14-19(24(20)16-21)18-6-4-3-5-7-18;3-2(4,5)1(6)7/h3-7,14,17H,8-13,15-16H2,1-2H3;(H,6,7). The molecule has 5 nitrogen and oxygen atoms in total. The summed E-state index contributed by atoms with van der Waals surface area (Å²) in [6.07, 6.45) is 2.12. The van der Waals surface area contributed by atoms with Crippen molar-refractivity contribution in [1.29, 1.82) is 0 Å². The molecule has 0 saturated carbocycles. The maximum atomic E-state index is 10.6. The molecule has 1 fully saturated rings. The number of likely N-dealkylation sites (tertiary alicyclic amines) is 1. The first kappa shape index (κ1) is 23.3. The van der Waals surface area contributed by atoms with Crippen LogP contribution in [0.25, 0.3) is 11.3 Å². The van der Waals surface area contributed by atoms with Crippen LogP contribution in [0, 0.1) is 11.3 Å². The first-order valence-corrected chi connectivity index (χ1v) is 10.7. The number of imidazole rings is 1. The number of benzene rings is 1. The molecule has 1 aromatic carbocycles. The Morgan fingerprint density at radius 1 is 1.16 bits per heavy atom. The summed E-state index contributed by atoms with van der Waals surface area (Å²) >= 11 is 0. The van der Waals surface area contributed by atoms with Gasteiger partial charge in [-0.25, -0.2) is 9.78 Å². The highest BCUT2D eigenvalue weighted by Crippen LogP contribution is 2.42. The fourth-order valence-electron chi connectivity index (χ4n) is 4.56. The molecule has 1 aromatic heterocycles. The average molecular weight is 438 g/mol. The van der Waals surface area contributed by atoms with Gasteiger partial charge in [0.2, 0.25) is 0 Å². The van der Waals surface area contributed by atoms with E-state index in [0.717, 1.165) is 18.9 Å². The fraction of sp³-hybridized carbons (Fsp3) is 0.565. The second kappa shape index (κ2) is 9.42. The largest absolute Gasteiger partial charge is 0.490 e. The molecule has 2 aliphatic rings. The summed E-state index contributed by atoms with van der Waals surface area (Å²) < 4.78 is 34.2.